The van der Waals surface area contributed by atoms with Crippen LogP contribution in [0, 0.1) is 0 Å². The first-order valence-electron chi connectivity index (χ1n) is 5.00. The van der Waals surface area contributed by atoms with Crippen LogP contribution in [-0.4, -0.2) is 11.7 Å². The normalized spacial score (nSPS) is 30.1. The Kier molecular flexibility index (Phi) is 2.45. The van der Waals surface area contributed by atoms with E-state index in [1.807, 2.05) is 30.3 Å². The minimum absolute atomic E-state index is 0.572. The predicted octanol–water partition coefficient (Wildman–Crippen LogP) is 2.70. The summed E-state index contributed by atoms with van der Waals surface area (Å²) in [5.41, 5.74) is 6.36. The smallest absolute Gasteiger partial charge is 0.145 e. The van der Waals surface area contributed by atoms with E-state index in [0.717, 1.165) is 11.1 Å². The first-order valence-corrected chi connectivity index (χ1v) is 5.00. The lowest BCUT2D eigenvalue weighted by atomic mass is 9.88. The third-order valence-corrected chi connectivity index (χ3v) is 2.71. The standard InChI is InChI=1S/C13H14FN/c1-13(14)8-7-11(9-12(13)15)10-5-3-2-4-6-10/h2-9,12H,15H2,1H3. The molecular weight excluding hydrogens is 189 g/mol. The summed E-state index contributed by atoms with van der Waals surface area (Å²) in [5, 5.41) is 0. The Balaban J connectivity index is 2.32. The summed E-state index contributed by atoms with van der Waals surface area (Å²) in [5.74, 6) is 0. The molecule has 0 spiro atoms. The van der Waals surface area contributed by atoms with Crippen molar-refractivity contribution < 1.29 is 4.39 Å². The van der Waals surface area contributed by atoms with Gasteiger partial charge in [0.2, 0.25) is 0 Å². The summed E-state index contributed by atoms with van der Waals surface area (Å²) in [7, 11) is 0. The molecule has 1 aromatic carbocycles. The lowest BCUT2D eigenvalue weighted by molar-refractivity contribution is 0.232. The van der Waals surface area contributed by atoms with Gasteiger partial charge in [0, 0.05) is 0 Å². The Morgan fingerprint density at radius 1 is 1.27 bits per heavy atom. The van der Waals surface area contributed by atoms with Crippen molar-refractivity contribution in [3.63, 3.8) is 0 Å². The Morgan fingerprint density at radius 2 is 1.93 bits per heavy atom. The van der Waals surface area contributed by atoms with Crippen LogP contribution in [0.3, 0.4) is 0 Å². The maximum Gasteiger partial charge on any atom is 0.145 e. The van der Waals surface area contributed by atoms with Crippen LogP contribution in [0.15, 0.2) is 48.6 Å². The number of hydrogen-bond acceptors (Lipinski definition) is 1. The monoisotopic (exact) mass is 203 g/mol. The van der Waals surface area contributed by atoms with Gasteiger partial charge in [-0.1, -0.05) is 42.5 Å². The molecule has 0 bridgehead atoms. The SMILES string of the molecule is CC1(F)C=CC(c2ccccc2)=CC1N. The minimum Gasteiger partial charge on any atom is -0.322 e. The molecule has 2 heteroatoms. The van der Waals surface area contributed by atoms with E-state index in [1.165, 1.54) is 13.0 Å². The van der Waals surface area contributed by atoms with Gasteiger partial charge in [-0.2, -0.15) is 0 Å². The summed E-state index contributed by atoms with van der Waals surface area (Å²) in [6.45, 7) is 1.49. The van der Waals surface area contributed by atoms with Crippen LogP contribution in [-0.2, 0) is 0 Å². The average molecular weight is 203 g/mol. The molecule has 2 rings (SSSR count). The van der Waals surface area contributed by atoms with E-state index in [-0.39, 0.29) is 0 Å². The summed E-state index contributed by atoms with van der Waals surface area (Å²) < 4.78 is 13.7. The number of nitrogens with two attached hydrogens (primary N) is 1. The molecule has 0 amide bonds. The quantitative estimate of drug-likeness (QED) is 0.746. The van der Waals surface area contributed by atoms with Crippen LogP contribution in [0.25, 0.3) is 5.57 Å². The van der Waals surface area contributed by atoms with Gasteiger partial charge < -0.3 is 5.73 Å². The second kappa shape index (κ2) is 3.63. The molecular formula is C13H14FN. The van der Waals surface area contributed by atoms with Crippen molar-refractivity contribution in [2.75, 3.05) is 0 Å². The number of allylic oxidation sites excluding steroid dienone is 2. The molecule has 2 atom stereocenters. The highest BCUT2D eigenvalue weighted by Gasteiger charge is 2.29. The molecule has 0 radical (unpaired) electrons. The molecule has 1 nitrogen and oxygen atoms in total. The van der Waals surface area contributed by atoms with Gasteiger partial charge >= 0.3 is 0 Å². The molecule has 0 heterocycles. The van der Waals surface area contributed by atoms with Crippen molar-refractivity contribution >= 4 is 5.57 Å². The number of rotatable bonds is 1. The molecule has 0 fully saturated rings. The van der Waals surface area contributed by atoms with Gasteiger partial charge in [-0.15, -0.1) is 0 Å². The summed E-state index contributed by atoms with van der Waals surface area (Å²) in [4.78, 5) is 0. The lowest BCUT2D eigenvalue weighted by Crippen LogP contribution is -2.40. The number of benzene rings is 1. The van der Waals surface area contributed by atoms with Crippen molar-refractivity contribution in [1.29, 1.82) is 0 Å². The second-order valence-electron chi connectivity index (χ2n) is 4.00. The Hall–Kier alpha value is -1.41. The zero-order valence-corrected chi connectivity index (χ0v) is 8.65. The number of alkyl halides is 1. The highest BCUT2D eigenvalue weighted by atomic mass is 19.1. The molecule has 2 N–H and O–H groups in total. The van der Waals surface area contributed by atoms with Gasteiger partial charge in [0.25, 0.3) is 0 Å². The third kappa shape index (κ3) is 2.00. The van der Waals surface area contributed by atoms with Gasteiger partial charge in [0.05, 0.1) is 6.04 Å². The van der Waals surface area contributed by atoms with Crippen molar-refractivity contribution in [2.24, 2.45) is 5.73 Å². The Labute approximate surface area is 89.1 Å². The van der Waals surface area contributed by atoms with E-state index in [9.17, 15) is 4.39 Å². The largest absolute Gasteiger partial charge is 0.322 e. The van der Waals surface area contributed by atoms with Gasteiger partial charge in [-0.05, 0) is 24.1 Å². The van der Waals surface area contributed by atoms with Crippen molar-refractivity contribution in [2.45, 2.75) is 18.6 Å². The molecule has 2 unspecified atom stereocenters. The Bertz CT molecular complexity index is 404. The molecule has 78 valence electrons. The maximum atomic E-state index is 13.7. The second-order valence-corrected chi connectivity index (χ2v) is 4.00. The summed E-state index contributed by atoms with van der Waals surface area (Å²) in [6, 6.07) is 9.28. The average Bonchev–Trinajstić information content (AvgIpc) is 2.23. The summed E-state index contributed by atoms with van der Waals surface area (Å²) in [6.07, 6.45) is 5.09. The van der Waals surface area contributed by atoms with Gasteiger partial charge in [0.15, 0.2) is 0 Å². The van der Waals surface area contributed by atoms with Crippen LogP contribution >= 0.6 is 0 Å². The third-order valence-electron chi connectivity index (χ3n) is 2.71. The molecule has 0 saturated heterocycles. The van der Waals surface area contributed by atoms with Gasteiger partial charge in [-0.3, -0.25) is 0 Å². The van der Waals surface area contributed by atoms with Gasteiger partial charge in [0.1, 0.15) is 5.67 Å². The van der Waals surface area contributed by atoms with E-state index >= 15 is 0 Å². The molecule has 0 aromatic heterocycles. The molecule has 15 heavy (non-hydrogen) atoms. The molecule has 0 aliphatic heterocycles. The first-order chi connectivity index (χ1) is 7.09. The number of halogens is 1. The van der Waals surface area contributed by atoms with Crippen molar-refractivity contribution in [1.82, 2.24) is 0 Å². The predicted molar refractivity (Wildman–Crippen MR) is 61.0 cm³/mol. The highest BCUT2D eigenvalue weighted by Crippen LogP contribution is 2.28. The van der Waals surface area contributed by atoms with E-state index in [0.29, 0.717) is 0 Å². The zero-order valence-electron chi connectivity index (χ0n) is 8.65. The van der Waals surface area contributed by atoms with E-state index < -0.39 is 11.7 Å². The van der Waals surface area contributed by atoms with Crippen LogP contribution < -0.4 is 5.73 Å². The van der Waals surface area contributed by atoms with E-state index in [1.54, 1.807) is 12.2 Å². The van der Waals surface area contributed by atoms with Crippen LogP contribution in [0.2, 0.25) is 0 Å². The van der Waals surface area contributed by atoms with Crippen LogP contribution in [0.1, 0.15) is 12.5 Å². The molecule has 1 aliphatic rings. The Morgan fingerprint density at radius 3 is 2.53 bits per heavy atom. The highest BCUT2D eigenvalue weighted by molar-refractivity contribution is 5.76. The fourth-order valence-electron chi connectivity index (χ4n) is 1.60. The fourth-order valence-corrected chi connectivity index (χ4v) is 1.60. The summed E-state index contributed by atoms with van der Waals surface area (Å²) >= 11 is 0. The van der Waals surface area contributed by atoms with Crippen molar-refractivity contribution in [3.05, 3.63) is 54.1 Å². The molecule has 0 saturated carbocycles. The maximum absolute atomic E-state index is 13.7. The number of hydrogen-bond donors (Lipinski definition) is 1. The van der Waals surface area contributed by atoms with Gasteiger partial charge in [-0.25, -0.2) is 4.39 Å². The lowest BCUT2D eigenvalue weighted by Gasteiger charge is -2.26. The molecule has 1 aromatic rings. The van der Waals surface area contributed by atoms with Crippen LogP contribution in [0.4, 0.5) is 4.39 Å². The zero-order chi connectivity index (χ0) is 10.9. The van der Waals surface area contributed by atoms with Crippen LogP contribution in [0.5, 0.6) is 0 Å². The minimum atomic E-state index is -1.43. The molecule has 1 aliphatic carbocycles. The van der Waals surface area contributed by atoms with E-state index in [2.05, 4.69) is 0 Å². The van der Waals surface area contributed by atoms with E-state index in [4.69, 9.17) is 5.73 Å². The topological polar surface area (TPSA) is 26.0 Å². The first kappa shape index (κ1) is 10.1. The van der Waals surface area contributed by atoms with Crippen molar-refractivity contribution in [3.8, 4) is 0 Å². The fraction of sp³-hybridized carbons (Fsp3) is 0.231.